The van der Waals surface area contributed by atoms with Crippen LogP contribution in [0.2, 0.25) is 0 Å². The van der Waals surface area contributed by atoms with Gasteiger partial charge >= 0.3 is 0 Å². The predicted octanol–water partition coefficient (Wildman–Crippen LogP) is 4.53. The molecule has 0 aliphatic carbocycles. The van der Waals surface area contributed by atoms with Crippen molar-refractivity contribution in [3.8, 4) is 11.5 Å². The van der Waals surface area contributed by atoms with Crippen molar-refractivity contribution in [2.24, 2.45) is 5.10 Å². The van der Waals surface area contributed by atoms with E-state index in [2.05, 4.69) is 15.3 Å². The zero-order valence-corrected chi connectivity index (χ0v) is 16.4. The van der Waals surface area contributed by atoms with Crippen molar-refractivity contribution in [1.29, 1.82) is 0 Å². The lowest BCUT2D eigenvalue weighted by Gasteiger charge is -2.11. The van der Waals surface area contributed by atoms with Gasteiger partial charge in [0.1, 0.15) is 6.61 Å². The third-order valence-corrected chi connectivity index (χ3v) is 4.20. The Labute approximate surface area is 163 Å². The first-order valence-electron chi connectivity index (χ1n) is 8.65. The Morgan fingerprint density at radius 3 is 2.67 bits per heavy atom. The molecular weight excluding hydrogens is 360 g/mol. The minimum Gasteiger partial charge on any atom is -0.493 e. The Hall–Kier alpha value is -2.93. The summed E-state index contributed by atoms with van der Waals surface area (Å²) < 4.78 is 13.4. The molecule has 0 spiro atoms. The minimum absolute atomic E-state index is 0.207. The highest BCUT2D eigenvalue weighted by molar-refractivity contribution is 7.71. The quantitative estimate of drug-likeness (QED) is 0.481. The van der Waals surface area contributed by atoms with Crippen LogP contribution in [0.4, 0.5) is 0 Å². The van der Waals surface area contributed by atoms with Gasteiger partial charge in [-0.15, -0.1) is 0 Å². The number of hydrogen-bond donors (Lipinski definition) is 1. The highest BCUT2D eigenvalue weighted by Crippen LogP contribution is 2.28. The van der Waals surface area contributed by atoms with Gasteiger partial charge in [0.05, 0.1) is 13.3 Å². The summed E-state index contributed by atoms with van der Waals surface area (Å²) in [5.74, 6) is 2.32. The number of ether oxygens (including phenoxy) is 2. The van der Waals surface area contributed by atoms with E-state index in [1.165, 1.54) is 0 Å². The highest BCUT2D eigenvalue weighted by Gasteiger charge is 2.09. The molecule has 1 heterocycles. The van der Waals surface area contributed by atoms with E-state index in [-0.39, 0.29) is 5.92 Å². The lowest BCUT2D eigenvalue weighted by atomic mass is 10.2. The van der Waals surface area contributed by atoms with Crippen LogP contribution in [-0.2, 0) is 6.61 Å². The minimum atomic E-state index is 0.207. The number of aromatic amines is 1. The molecule has 0 saturated heterocycles. The lowest BCUT2D eigenvalue weighted by Crippen LogP contribution is -2.01. The van der Waals surface area contributed by atoms with Crippen molar-refractivity contribution in [3.05, 3.63) is 70.3 Å². The number of methoxy groups -OCH3 is 1. The first kappa shape index (κ1) is 18.8. The largest absolute Gasteiger partial charge is 0.493 e. The molecule has 1 aromatic heterocycles. The van der Waals surface area contributed by atoms with E-state index in [9.17, 15) is 0 Å². The Balaban J connectivity index is 1.78. The number of nitrogens with zero attached hydrogens (tertiary/aromatic N) is 3. The van der Waals surface area contributed by atoms with Crippen LogP contribution in [0.1, 0.15) is 36.7 Å². The van der Waals surface area contributed by atoms with Crippen molar-refractivity contribution in [1.82, 2.24) is 14.9 Å². The molecule has 0 amide bonds. The number of benzene rings is 2. The van der Waals surface area contributed by atoms with Crippen LogP contribution in [0.15, 0.2) is 53.6 Å². The van der Waals surface area contributed by atoms with Gasteiger partial charge in [0.15, 0.2) is 17.3 Å². The third-order valence-electron chi connectivity index (χ3n) is 3.94. The molecule has 27 heavy (non-hydrogen) atoms. The summed E-state index contributed by atoms with van der Waals surface area (Å²) >= 11 is 5.24. The summed E-state index contributed by atoms with van der Waals surface area (Å²) in [6.07, 6.45) is 1.72. The SMILES string of the molecule is COc1cc(/C=N\n2c(C(C)C)n[nH]c2=S)ccc1OCc1ccccc1. The molecule has 0 atom stereocenters. The standard InChI is InChI=1S/C20H22N4O2S/c1-14(2)19-22-23-20(27)24(19)21-12-16-9-10-17(18(11-16)25-3)26-13-15-7-5-4-6-8-15/h4-12,14H,13H2,1-3H3,(H,23,27)/b21-12-. The zero-order chi connectivity index (χ0) is 19.2. The zero-order valence-electron chi connectivity index (χ0n) is 15.5. The highest BCUT2D eigenvalue weighted by atomic mass is 32.1. The van der Waals surface area contributed by atoms with Crippen molar-refractivity contribution in [2.75, 3.05) is 7.11 Å². The Kier molecular flexibility index (Phi) is 6.03. The Morgan fingerprint density at radius 1 is 1.19 bits per heavy atom. The Morgan fingerprint density at radius 2 is 1.96 bits per heavy atom. The molecule has 140 valence electrons. The van der Waals surface area contributed by atoms with Crippen LogP contribution >= 0.6 is 12.2 Å². The summed E-state index contributed by atoms with van der Waals surface area (Å²) in [4.78, 5) is 0. The number of aromatic nitrogens is 3. The average molecular weight is 382 g/mol. The van der Waals surface area contributed by atoms with Gasteiger partial charge < -0.3 is 9.47 Å². The van der Waals surface area contributed by atoms with Gasteiger partial charge in [-0.1, -0.05) is 44.2 Å². The number of rotatable bonds is 7. The maximum Gasteiger partial charge on any atom is 0.216 e. The van der Waals surface area contributed by atoms with Crippen LogP contribution in [0, 0.1) is 4.77 Å². The topological polar surface area (TPSA) is 64.4 Å². The van der Waals surface area contributed by atoms with E-state index >= 15 is 0 Å². The fraction of sp³-hybridized carbons (Fsp3) is 0.250. The maximum absolute atomic E-state index is 5.88. The third kappa shape index (κ3) is 4.62. The van der Waals surface area contributed by atoms with Crippen LogP contribution in [0.3, 0.4) is 0 Å². The molecule has 1 N–H and O–H groups in total. The van der Waals surface area contributed by atoms with Gasteiger partial charge in [0, 0.05) is 5.92 Å². The van der Waals surface area contributed by atoms with Crippen molar-refractivity contribution < 1.29 is 9.47 Å². The van der Waals surface area contributed by atoms with Gasteiger partial charge in [-0.25, -0.2) is 0 Å². The van der Waals surface area contributed by atoms with Gasteiger partial charge in [0.2, 0.25) is 4.77 Å². The Bertz CT molecular complexity index is 977. The van der Waals surface area contributed by atoms with Crippen molar-refractivity contribution >= 4 is 18.4 Å². The van der Waals surface area contributed by atoms with Gasteiger partial charge in [-0.2, -0.15) is 14.9 Å². The van der Waals surface area contributed by atoms with Crippen molar-refractivity contribution in [2.45, 2.75) is 26.4 Å². The van der Waals surface area contributed by atoms with E-state index in [1.807, 2.05) is 62.4 Å². The fourth-order valence-electron chi connectivity index (χ4n) is 2.53. The molecule has 7 heteroatoms. The van der Waals surface area contributed by atoms with Crippen LogP contribution in [0.5, 0.6) is 11.5 Å². The molecule has 0 radical (unpaired) electrons. The molecule has 3 rings (SSSR count). The lowest BCUT2D eigenvalue weighted by molar-refractivity contribution is 0.284. The molecular formula is C20H22N4O2S. The smallest absolute Gasteiger partial charge is 0.216 e. The second kappa shape index (κ2) is 8.64. The number of H-pyrrole nitrogens is 1. The number of hydrogen-bond acceptors (Lipinski definition) is 5. The fourth-order valence-corrected chi connectivity index (χ4v) is 2.72. The average Bonchev–Trinajstić information content (AvgIpc) is 3.06. The second-order valence-electron chi connectivity index (χ2n) is 6.28. The van der Waals surface area contributed by atoms with Gasteiger partial charge in [-0.3, -0.25) is 5.10 Å². The number of nitrogens with one attached hydrogen (secondary N) is 1. The van der Waals surface area contributed by atoms with Crippen LogP contribution in [-0.4, -0.2) is 28.2 Å². The summed E-state index contributed by atoms with van der Waals surface area (Å²) in [5.41, 5.74) is 1.97. The molecule has 0 aliphatic heterocycles. The summed E-state index contributed by atoms with van der Waals surface area (Å²) in [7, 11) is 1.62. The first-order valence-corrected chi connectivity index (χ1v) is 9.05. The van der Waals surface area contributed by atoms with E-state index < -0.39 is 0 Å². The predicted molar refractivity (Wildman–Crippen MR) is 108 cm³/mol. The molecule has 0 aliphatic rings. The summed E-state index contributed by atoms with van der Waals surface area (Å²) in [5, 5.41) is 11.4. The normalized spacial score (nSPS) is 11.3. The van der Waals surface area contributed by atoms with Crippen LogP contribution in [0.25, 0.3) is 0 Å². The van der Waals surface area contributed by atoms with Gasteiger partial charge in [0.25, 0.3) is 0 Å². The molecule has 3 aromatic rings. The molecule has 0 unspecified atom stereocenters. The van der Waals surface area contributed by atoms with Crippen LogP contribution < -0.4 is 9.47 Å². The molecule has 2 aromatic carbocycles. The van der Waals surface area contributed by atoms with E-state index in [1.54, 1.807) is 18.0 Å². The summed E-state index contributed by atoms with van der Waals surface area (Å²) in [6, 6.07) is 15.7. The first-order chi connectivity index (χ1) is 13.1. The molecule has 0 saturated carbocycles. The van der Waals surface area contributed by atoms with Gasteiger partial charge in [-0.05, 0) is 41.5 Å². The van der Waals surface area contributed by atoms with E-state index in [0.717, 1.165) is 17.0 Å². The monoisotopic (exact) mass is 382 g/mol. The molecule has 0 fully saturated rings. The summed E-state index contributed by atoms with van der Waals surface area (Å²) in [6.45, 7) is 4.56. The molecule has 6 nitrogen and oxygen atoms in total. The maximum atomic E-state index is 5.88. The van der Waals surface area contributed by atoms with E-state index in [0.29, 0.717) is 22.9 Å². The second-order valence-corrected chi connectivity index (χ2v) is 6.67. The molecule has 0 bridgehead atoms. The van der Waals surface area contributed by atoms with E-state index in [4.69, 9.17) is 21.7 Å². The van der Waals surface area contributed by atoms with Crippen molar-refractivity contribution in [3.63, 3.8) is 0 Å².